The standard InChI is InChI=1S/C13H17ClFNO/c1-9-4-5-11(15)8-12(9)13(17)16(3)7-6-10(2)14/h4-5,8,10H,6-7H2,1-3H3. The Morgan fingerprint density at radius 1 is 1.53 bits per heavy atom. The highest BCUT2D eigenvalue weighted by atomic mass is 35.5. The quantitative estimate of drug-likeness (QED) is 0.759. The molecule has 1 atom stereocenters. The lowest BCUT2D eigenvalue weighted by Gasteiger charge is -2.19. The van der Waals surface area contributed by atoms with E-state index in [-0.39, 0.29) is 11.3 Å². The van der Waals surface area contributed by atoms with Crippen molar-refractivity contribution in [3.63, 3.8) is 0 Å². The lowest BCUT2D eigenvalue weighted by molar-refractivity contribution is 0.0792. The fourth-order valence-electron chi connectivity index (χ4n) is 1.50. The van der Waals surface area contributed by atoms with Crippen LogP contribution in [0.4, 0.5) is 4.39 Å². The highest BCUT2D eigenvalue weighted by Gasteiger charge is 2.15. The molecule has 0 saturated carbocycles. The lowest BCUT2D eigenvalue weighted by atomic mass is 10.1. The largest absolute Gasteiger partial charge is 0.342 e. The zero-order valence-electron chi connectivity index (χ0n) is 10.3. The first-order valence-electron chi connectivity index (χ1n) is 5.57. The number of benzene rings is 1. The smallest absolute Gasteiger partial charge is 0.253 e. The number of carbonyl (C=O) groups is 1. The SMILES string of the molecule is Cc1ccc(F)cc1C(=O)N(C)CCC(C)Cl. The van der Waals surface area contributed by atoms with Crippen molar-refractivity contribution in [3.8, 4) is 0 Å². The van der Waals surface area contributed by atoms with E-state index in [0.717, 1.165) is 12.0 Å². The first kappa shape index (κ1) is 14.0. The molecule has 1 amide bonds. The van der Waals surface area contributed by atoms with Gasteiger partial charge in [-0.05, 0) is 38.0 Å². The van der Waals surface area contributed by atoms with Gasteiger partial charge in [0.1, 0.15) is 5.82 Å². The Bertz CT molecular complexity index is 406. The molecule has 0 heterocycles. The fourth-order valence-corrected chi connectivity index (χ4v) is 1.60. The van der Waals surface area contributed by atoms with Crippen LogP contribution in [0.5, 0.6) is 0 Å². The third kappa shape index (κ3) is 4.00. The maximum Gasteiger partial charge on any atom is 0.253 e. The molecule has 0 radical (unpaired) electrons. The van der Waals surface area contributed by atoms with Gasteiger partial charge in [0.15, 0.2) is 0 Å². The molecule has 94 valence electrons. The summed E-state index contributed by atoms with van der Waals surface area (Å²) < 4.78 is 13.1. The van der Waals surface area contributed by atoms with E-state index in [0.29, 0.717) is 12.1 Å². The number of hydrogen-bond donors (Lipinski definition) is 0. The summed E-state index contributed by atoms with van der Waals surface area (Å²) in [4.78, 5) is 13.6. The molecule has 2 nitrogen and oxygen atoms in total. The number of halogens is 2. The number of aryl methyl sites for hydroxylation is 1. The molecule has 0 aliphatic heterocycles. The van der Waals surface area contributed by atoms with E-state index in [1.54, 1.807) is 24.9 Å². The summed E-state index contributed by atoms with van der Waals surface area (Å²) in [5, 5.41) is 0.0267. The minimum atomic E-state index is -0.391. The minimum absolute atomic E-state index is 0.0267. The van der Waals surface area contributed by atoms with Crippen molar-refractivity contribution in [1.29, 1.82) is 0 Å². The normalized spacial score (nSPS) is 12.3. The Hall–Kier alpha value is -1.09. The van der Waals surface area contributed by atoms with E-state index in [2.05, 4.69) is 0 Å². The number of hydrogen-bond acceptors (Lipinski definition) is 1. The van der Waals surface area contributed by atoms with Crippen LogP contribution in [0.25, 0.3) is 0 Å². The van der Waals surface area contributed by atoms with E-state index in [4.69, 9.17) is 11.6 Å². The summed E-state index contributed by atoms with van der Waals surface area (Å²) in [6.07, 6.45) is 0.720. The molecule has 0 aliphatic carbocycles. The molecule has 0 aliphatic rings. The molecular formula is C13H17ClFNO. The maximum absolute atomic E-state index is 13.1. The van der Waals surface area contributed by atoms with E-state index < -0.39 is 5.82 Å². The number of amides is 1. The van der Waals surface area contributed by atoms with Crippen LogP contribution in [0.1, 0.15) is 29.3 Å². The van der Waals surface area contributed by atoms with Gasteiger partial charge in [-0.2, -0.15) is 0 Å². The topological polar surface area (TPSA) is 20.3 Å². The summed E-state index contributed by atoms with van der Waals surface area (Å²) in [5.74, 6) is -0.558. The summed E-state index contributed by atoms with van der Waals surface area (Å²) in [6, 6.07) is 4.24. The van der Waals surface area contributed by atoms with Crippen LogP contribution in [0.2, 0.25) is 0 Å². The van der Waals surface area contributed by atoms with Gasteiger partial charge in [-0.3, -0.25) is 4.79 Å². The molecule has 1 aromatic rings. The minimum Gasteiger partial charge on any atom is -0.342 e. The van der Waals surface area contributed by atoms with Crippen molar-refractivity contribution in [1.82, 2.24) is 4.90 Å². The van der Waals surface area contributed by atoms with E-state index in [1.807, 2.05) is 6.92 Å². The molecule has 4 heteroatoms. The first-order valence-corrected chi connectivity index (χ1v) is 6.01. The number of alkyl halides is 1. The van der Waals surface area contributed by atoms with Gasteiger partial charge in [0.2, 0.25) is 0 Å². The van der Waals surface area contributed by atoms with Crippen molar-refractivity contribution in [3.05, 3.63) is 35.1 Å². The summed E-state index contributed by atoms with van der Waals surface area (Å²) >= 11 is 5.83. The predicted molar refractivity (Wildman–Crippen MR) is 68.0 cm³/mol. The number of nitrogens with zero attached hydrogens (tertiary/aromatic N) is 1. The van der Waals surface area contributed by atoms with Gasteiger partial charge >= 0.3 is 0 Å². The van der Waals surface area contributed by atoms with E-state index >= 15 is 0 Å². The van der Waals surface area contributed by atoms with Crippen molar-refractivity contribution < 1.29 is 9.18 Å². The van der Waals surface area contributed by atoms with Crippen LogP contribution in [-0.2, 0) is 0 Å². The van der Waals surface area contributed by atoms with Gasteiger partial charge in [-0.15, -0.1) is 11.6 Å². The molecule has 0 saturated heterocycles. The average Bonchev–Trinajstić information content (AvgIpc) is 2.28. The highest BCUT2D eigenvalue weighted by Crippen LogP contribution is 2.13. The molecular weight excluding hydrogens is 241 g/mol. The van der Waals surface area contributed by atoms with Gasteiger partial charge in [-0.1, -0.05) is 6.07 Å². The second kappa shape index (κ2) is 6.01. The highest BCUT2D eigenvalue weighted by molar-refractivity contribution is 6.20. The molecule has 0 aromatic heterocycles. The maximum atomic E-state index is 13.1. The van der Waals surface area contributed by atoms with Gasteiger partial charge in [-0.25, -0.2) is 4.39 Å². The summed E-state index contributed by atoms with van der Waals surface area (Å²) in [5.41, 5.74) is 1.19. The van der Waals surface area contributed by atoms with Crippen LogP contribution in [0, 0.1) is 12.7 Å². The first-order chi connectivity index (χ1) is 7.91. The van der Waals surface area contributed by atoms with Crippen LogP contribution in [0.15, 0.2) is 18.2 Å². The van der Waals surface area contributed by atoms with Crippen LogP contribution in [0.3, 0.4) is 0 Å². The van der Waals surface area contributed by atoms with E-state index in [1.165, 1.54) is 12.1 Å². The Kier molecular flexibility index (Phi) is 4.94. The van der Waals surface area contributed by atoms with Crippen molar-refractivity contribution in [2.24, 2.45) is 0 Å². The third-order valence-corrected chi connectivity index (χ3v) is 2.86. The third-order valence-electron chi connectivity index (χ3n) is 2.64. The molecule has 0 spiro atoms. The Labute approximate surface area is 106 Å². The Balaban J connectivity index is 2.78. The zero-order chi connectivity index (χ0) is 13.0. The van der Waals surface area contributed by atoms with Crippen LogP contribution >= 0.6 is 11.6 Å². The Morgan fingerprint density at radius 3 is 2.76 bits per heavy atom. The van der Waals surface area contributed by atoms with Crippen LogP contribution in [-0.4, -0.2) is 29.8 Å². The van der Waals surface area contributed by atoms with Gasteiger partial charge in [0.25, 0.3) is 5.91 Å². The van der Waals surface area contributed by atoms with Crippen molar-refractivity contribution in [2.45, 2.75) is 25.6 Å². The summed E-state index contributed by atoms with van der Waals surface area (Å²) in [6.45, 7) is 4.25. The second-order valence-corrected chi connectivity index (χ2v) is 5.00. The van der Waals surface area contributed by atoms with Crippen LogP contribution < -0.4 is 0 Å². The molecule has 1 aromatic carbocycles. The van der Waals surface area contributed by atoms with Gasteiger partial charge in [0, 0.05) is 24.5 Å². The fraction of sp³-hybridized carbons (Fsp3) is 0.462. The second-order valence-electron chi connectivity index (χ2n) is 4.26. The Morgan fingerprint density at radius 2 is 2.18 bits per heavy atom. The monoisotopic (exact) mass is 257 g/mol. The van der Waals surface area contributed by atoms with Gasteiger partial charge in [0.05, 0.1) is 0 Å². The molecule has 1 rings (SSSR count). The lowest BCUT2D eigenvalue weighted by Crippen LogP contribution is -2.29. The predicted octanol–water partition coefficient (Wildman–Crippen LogP) is 3.22. The van der Waals surface area contributed by atoms with Crippen molar-refractivity contribution >= 4 is 17.5 Å². The molecule has 0 bridgehead atoms. The molecule has 17 heavy (non-hydrogen) atoms. The van der Waals surface area contributed by atoms with Gasteiger partial charge < -0.3 is 4.90 Å². The average molecular weight is 258 g/mol. The number of carbonyl (C=O) groups excluding carboxylic acids is 1. The van der Waals surface area contributed by atoms with Crippen molar-refractivity contribution in [2.75, 3.05) is 13.6 Å². The van der Waals surface area contributed by atoms with E-state index in [9.17, 15) is 9.18 Å². The molecule has 0 N–H and O–H groups in total. The summed E-state index contributed by atoms with van der Waals surface area (Å²) in [7, 11) is 1.70. The zero-order valence-corrected chi connectivity index (χ0v) is 11.1. The molecule has 1 unspecified atom stereocenters. The number of rotatable bonds is 4. The molecule has 0 fully saturated rings.